The molecule has 2 unspecified atom stereocenters. The average molecular weight is 855 g/mol. The molecule has 0 bridgehead atoms. The average Bonchev–Trinajstić information content (AvgIpc) is 3.22. The highest BCUT2D eigenvalue weighted by Crippen LogP contribution is 2.41. The molecule has 0 radical (unpaired) electrons. The lowest BCUT2D eigenvalue weighted by atomic mass is 9.93. The van der Waals surface area contributed by atoms with Crippen LogP contribution in [0.4, 0.5) is 4.79 Å². The van der Waals surface area contributed by atoms with Gasteiger partial charge in [-0.1, -0.05) is 65.7 Å². The predicted molar refractivity (Wildman–Crippen MR) is 230 cm³/mol. The van der Waals surface area contributed by atoms with Crippen molar-refractivity contribution in [2.75, 3.05) is 13.7 Å². The highest BCUT2D eigenvalue weighted by Gasteiger charge is 2.37. The molecule has 5 aromatic rings. The monoisotopic (exact) mass is 853 g/mol. The van der Waals surface area contributed by atoms with Crippen molar-refractivity contribution in [3.63, 3.8) is 0 Å². The van der Waals surface area contributed by atoms with E-state index in [2.05, 4.69) is 40.9 Å². The van der Waals surface area contributed by atoms with Crippen LogP contribution in [0.1, 0.15) is 72.4 Å². The van der Waals surface area contributed by atoms with Crippen molar-refractivity contribution in [2.24, 2.45) is 5.73 Å². The maximum atomic E-state index is 12.9. The number of benzene rings is 4. The Morgan fingerprint density at radius 1 is 0.900 bits per heavy atom. The summed E-state index contributed by atoms with van der Waals surface area (Å²) in [6.07, 6.45) is 2.27. The molecule has 2 atom stereocenters. The standard InChI is InChI=1S/C30H30Cl2N2O6.C17H19NO2/c1-30(2,3)40-29(36)34-14-20-13-26-25(12-19(20)11-24(34)28(33)35)38-16-27(39-26)18-5-4-6-21(10-18)37-15-17-7-8-22(31)23(32)9-17;1-12-13(2)18-11-10-16(12)15-7-4-14(5-8-15)6-9-17(19)20-3/h4-10,12-13,24,27H,11,14-16H2,1-3H3,(H2,33,35);4-5,7-8,10-11H,6,9H2,1-3H3. The lowest BCUT2D eigenvalue weighted by Gasteiger charge is -2.37. The molecule has 1 aromatic heterocycles. The molecular weight excluding hydrogens is 805 g/mol. The molecule has 0 aliphatic carbocycles. The van der Waals surface area contributed by atoms with Crippen LogP contribution in [0.15, 0.2) is 91.1 Å². The fourth-order valence-corrected chi connectivity index (χ4v) is 7.16. The van der Waals surface area contributed by atoms with Crippen LogP contribution < -0.4 is 19.9 Å². The number of hydrogen-bond acceptors (Lipinski definition) is 9. The number of halogens is 2. The van der Waals surface area contributed by atoms with Crippen molar-refractivity contribution < 1.29 is 38.1 Å². The normalized spacial score (nSPS) is 15.5. The fourth-order valence-electron chi connectivity index (χ4n) is 6.84. The highest BCUT2D eigenvalue weighted by molar-refractivity contribution is 6.42. The fraction of sp³-hybridized carbons (Fsp3) is 0.319. The van der Waals surface area contributed by atoms with Crippen molar-refractivity contribution in [1.82, 2.24) is 9.88 Å². The number of primary amides is 1. The molecule has 11 nitrogen and oxygen atoms in total. The van der Waals surface area contributed by atoms with Gasteiger partial charge in [0.1, 0.15) is 30.6 Å². The molecular formula is C47H49Cl2N3O8. The zero-order chi connectivity index (χ0) is 43.1. The van der Waals surface area contributed by atoms with E-state index >= 15 is 0 Å². The van der Waals surface area contributed by atoms with Gasteiger partial charge in [-0.2, -0.15) is 0 Å². The third kappa shape index (κ3) is 11.1. The number of nitrogens with two attached hydrogens (primary N) is 1. The first-order valence-corrected chi connectivity index (χ1v) is 20.3. The number of nitrogens with zero attached hydrogens (tertiary/aromatic N) is 2. The molecule has 2 aliphatic heterocycles. The summed E-state index contributed by atoms with van der Waals surface area (Å²) in [5.41, 5.74) is 14.2. The molecule has 0 saturated heterocycles. The van der Waals surface area contributed by atoms with Gasteiger partial charge in [0.25, 0.3) is 0 Å². The minimum absolute atomic E-state index is 0.164. The minimum atomic E-state index is -0.815. The van der Waals surface area contributed by atoms with Gasteiger partial charge in [-0.15, -0.1) is 0 Å². The van der Waals surface area contributed by atoms with Crippen LogP contribution in [0.5, 0.6) is 17.2 Å². The van der Waals surface area contributed by atoms with Crippen molar-refractivity contribution in [3.05, 3.63) is 140 Å². The van der Waals surface area contributed by atoms with Gasteiger partial charge in [-0.05, 0) is 128 Å². The minimum Gasteiger partial charge on any atom is -0.489 e. The van der Waals surface area contributed by atoms with Gasteiger partial charge < -0.3 is 29.4 Å². The number of carbonyl (C=O) groups is 3. The first-order chi connectivity index (χ1) is 28.6. The highest BCUT2D eigenvalue weighted by atomic mass is 35.5. The van der Waals surface area contributed by atoms with E-state index in [4.69, 9.17) is 47.9 Å². The van der Waals surface area contributed by atoms with E-state index in [1.54, 1.807) is 32.9 Å². The molecule has 0 fully saturated rings. The summed E-state index contributed by atoms with van der Waals surface area (Å²) in [6, 6.07) is 26.3. The molecule has 3 heterocycles. The quantitative estimate of drug-likeness (QED) is 0.144. The van der Waals surface area contributed by atoms with E-state index in [1.807, 2.05) is 61.7 Å². The summed E-state index contributed by atoms with van der Waals surface area (Å²) in [5, 5.41) is 0.970. The molecule has 0 spiro atoms. The van der Waals surface area contributed by atoms with Gasteiger partial charge in [0.05, 0.1) is 23.7 Å². The van der Waals surface area contributed by atoms with E-state index in [9.17, 15) is 14.4 Å². The Balaban J connectivity index is 0.000000253. The number of rotatable bonds is 9. The van der Waals surface area contributed by atoms with E-state index in [0.717, 1.165) is 33.5 Å². The van der Waals surface area contributed by atoms with Gasteiger partial charge in [-0.25, -0.2) is 4.79 Å². The van der Waals surface area contributed by atoms with Crippen molar-refractivity contribution >= 4 is 41.2 Å². The van der Waals surface area contributed by atoms with Crippen LogP contribution in [0.2, 0.25) is 10.0 Å². The first-order valence-electron chi connectivity index (χ1n) is 19.6. The second-order valence-electron chi connectivity index (χ2n) is 15.7. The Kier molecular flexibility index (Phi) is 13.9. The number of methoxy groups -OCH3 is 1. The lowest BCUT2D eigenvalue weighted by Crippen LogP contribution is -2.52. The number of fused-ring (bicyclic) bond motifs is 2. The topological polar surface area (TPSA) is 140 Å². The lowest BCUT2D eigenvalue weighted by molar-refractivity contribution is -0.140. The Hall–Kier alpha value is -5.78. The first kappa shape index (κ1) is 43.8. The molecule has 4 aromatic carbocycles. The van der Waals surface area contributed by atoms with E-state index in [1.165, 1.54) is 28.7 Å². The molecule has 13 heteroatoms. The molecule has 2 N–H and O–H groups in total. The Labute approximate surface area is 360 Å². The summed E-state index contributed by atoms with van der Waals surface area (Å²) in [4.78, 5) is 41.9. The number of aromatic nitrogens is 1. The molecule has 60 heavy (non-hydrogen) atoms. The number of aryl methyl sites for hydroxylation is 2. The van der Waals surface area contributed by atoms with Crippen LogP contribution >= 0.6 is 23.2 Å². The summed E-state index contributed by atoms with van der Waals surface area (Å²) < 4.78 is 28.6. The zero-order valence-electron chi connectivity index (χ0n) is 34.6. The predicted octanol–water partition coefficient (Wildman–Crippen LogP) is 9.70. The van der Waals surface area contributed by atoms with Crippen LogP contribution in [-0.4, -0.2) is 53.2 Å². The van der Waals surface area contributed by atoms with Gasteiger partial charge in [0.2, 0.25) is 5.91 Å². The Morgan fingerprint density at radius 3 is 2.33 bits per heavy atom. The van der Waals surface area contributed by atoms with Crippen LogP contribution in [-0.2, 0) is 45.1 Å². The van der Waals surface area contributed by atoms with E-state index < -0.39 is 23.6 Å². The molecule has 0 saturated carbocycles. The smallest absolute Gasteiger partial charge is 0.411 e. The number of carbonyl (C=O) groups excluding carboxylic acids is 3. The summed E-state index contributed by atoms with van der Waals surface area (Å²) >= 11 is 12.1. The molecule has 314 valence electrons. The summed E-state index contributed by atoms with van der Waals surface area (Å²) in [7, 11) is 1.42. The third-order valence-electron chi connectivity index (χ3n) is 10.2. The second-order valence-corrected chi connectivity index (χ2v) is 16.5. The number of hydrogen-bond donors (Lipinski definition) is 1. The summed E-state index contributed by atoms with van der Waals surface area (Å²) in [6.45, 7) is 10.2. The number of esters is 1. The van der Waals surface area contributed by atoms with Crippen LogP contribution in [0.25, 0.3) is 11.1 Å². The largest absolute Gasteiger partial charge is 0.489 e. The number of amides is 2. The zero-order valence-corrected chi connectivity index (χ0v) is 36.1. The van der Waals surface area contributed by atoms with Gasteiger partial charge >= 0.3 is 12.1 Å². The Morgan fingerprint density at radius 2 is 1.63 bits per heavy atom. The van der Waals surface area contributed by atoms with E-state index in [0.29, 0.717) is 53.3 Å². The van der Waals surface area contributed by atoms with Gasteiger partial charge in [0.15, 0.2) is 17.6 Å². The Bertz CT molecular complexity index is 2360. The van der Waals surface area contributed by atoms with E-state index in [-0.39, 0.29) is 25.0 Å². The molecule has 2 aliphatic rings. The number of pyridine rings is 1. The van der Waals surface area contributed by atoms with Crippen molar-refractivity contribution in [3.8, 4) is 28.4 Å². The summed E-state index contributed by atoms with van der Waals surface area (Å²) in [5.74, 6) is 1.05. The number of ether oxygens (including phenoxy) is 5. The molecule has 7 rings (SSSR count). The SMILES string of the molecule is CC(C)(C)OC(=O)N1Cc2cc3c(cc2CC1C(N)=O)OCC(c1cccc(OCc2ccc(Cl)c(Cl)c2)c1)O3.COC(=O)CCc1ccc(-c2ccnc(C)c2C)cc1. The second kappa shape index (κ2) is 19.1. The van der Waals surface area contributed by atoms with Crippen LogP contribution in [0, 0.1) is 13.8 Å². The third-order valence-corrected chi connectivity index (χ3v) is 10.9. The molecule has 2 amide bonds. The maximum Gasteiger partial charge on any atom is 0.411 e. The van der Waals surface area contributed by atoms with Crippen molar-refractivity contribution in [1.29, 1.82) is 0 Å². The van der Waals surface area contributed by atoms with Gasteiger partial charge in [-0.3, -0.25) is 19.5 Å². The van der Waals surface area contributed by atoms with Crippen molar-refractivity contribution in [2.45, 2.75) is 84.8 Å². The van der Waals surface area contributed by atoms with Crippen LogP contribution in [0.3, 0.4) is 0 Å². The maximum absolute atomic E-state index is 12.9. The van der Waals surface area contributed by atoms with Gasteiger partial charge in [0, 0.05) is 24.7 Å².